The number of amides is 2. The van der Waals surface area contributed by atoms with E-state index in [1.807, 2.05) is 0 Å². The number of nitrogens with two attached hydrogens (primary N) is 1. The number of aromatic nitrogens is 1. The van der Waals surface area contributed by atoms with E-state index in [9.17, 15) is 38.7 Å². The van der Waals surface area contributed by atoms with E-state index in [-0.39, 0.29) is 35.8 Å². The lowest BCUT2D eigenvalue weighted by Crippen LogP contribution is -2.84. The lowest BCUT2D eigenvalue weighted by atomic mass is 9.89. The standard InChI is InChI=1S/C18H17N5O10S2/c19-16-20-7(4-34-16)9(22-33-17(1-2-17)14(27)28)11(25)21-10-12(26)23-13(10)35(31)5-6-3-8(24)32-18(6,23)15(29)30/h4,6,10,13H,1-3,5H2,(H2,19,20)(H,21,25)(H,27,28)(H,29,30)/b22-9-/t6-,10+,13+,18+,35-/m0/s1. The monoisotopic (exact) mass is 527 g/mol. The Hall–Kier alpha value is -3.44. The van der Waals surface area contributed by atoms with Crippen molar-refractivity contribution >= 4 is 63.1 Å². The molecule has 17 heteroatoms. The fourth-order valence-corrected chi connectivity index (χ4v) is 6.76. The largest absolute Gasteiger partial charge is 0.615 e. The number of ether oxygens (including phenoxy) is 1. The number of thiazole rings is 1. The Balaban J connectivity index is 1.40. The fourth-order valence-electron chi connectivity index (χ4n) is 4.29. The van der Waals surface area contributed by atoms with Gasteiger partial charge in [0, 0.05) is 18.2 Å². The fraction of sp³-hybridized carbons (Fsp3) is 0.500. The van der Waals surface area contributed by atoms with Crippen molar-refractivity contribution in [3.8, 4) is 0 Å². The first kappa shape index (κ1) is 23.3. The molecule has 4 heterocycles. The van der Waals surface area contributed by atoms with Crippen molar-refractivity contribution < 1.29 is 48.3 Å². The van der Waals surface area contributed by atoms with Crippen LogP contribution >= 0.6 is 11.3 Å². The molecule has 1 aromatic heterocycles. The molecule has 1 saturated carbocycles. The Morgan fingerprint density at radius 2 is 2.06 bits per heavy atom. The number of carboxylic acid groups (broad SMARTS) is 2. The van der Waals surface area contributed by atoms with Gasteiger partial charge in [-0.2, -0.15) is 0 Å². The van der Waals surface area contributed by atoms with Gasteiger partial charge in [0.1, 0.15) is 11.4 Å². The molecule has 0 aromatic carbocycles. The summed E-state index contributed by atoms with van der Waals surface area (Å²) in [5.74, 6) is -6.84. The molecule has 0 radical (unpaired) electrons. The molecular formula is C18H17N5O10S2. The minimum absolute atomic E-state index is 0.0497. The van der Waals surface area contributed by atoms with Crippen LogP contribution in [0.2, 0.25) is 0 Å². The molecule has 2 amide bonds. The quantitative estimate of drug-likeness (QED) is 0.0974. The van der Waals surface area contributed by atoms with Gasteiger partial charge in [0.15, 0.2) is 16.9 Å². The van der Waals surface area contributed by atoms with Crippen molar-refractivity contribution in [1.29, 1.82) is 0 Å². The molecule has 3 saturated heterocycles. The van der Waals surface area contributed by atoms with Crippen LogP contribution in [-0.2, 0) is 44.7 Å². The molecule has 0 bridgehead atoms. The maximum absolute atomic E-state index is 13.1. The third-order valence-electron chi connectivity index (χ3n) is 6.25. The van der Waals surface area contributed by atoms with Gasteiger partial charge in [-0.05, 0) is 11.2 Å². The van der Waals surface area contributed by atoms with E-state index in [1.165, 1.54) is 5.38 Å². The van der Waals surface area contributed by atoms with Crippen LogP contribution in [0.1, 0.15) is 25.0 Å². The molecule has 1 aromatic rings. The summed E-state index contributed by atoms with van der Waals surface area (Å²) in [5, 5.41) is 25.3. The number of aliphatic carboxylic acids is 2. The van der Waals surface area contributed by atoms with Crippen molar-refractivity contribution in [3.05, 3.63) is 11.1 Å². The first-order valence-electron chi connectivity index (χ1n) is 10.2. The number of rotatable bonds is 7. The summed E-state index contributed by atoms with van der Waals surface area (Å²) in [4.78, 5) is 71.1. The molecule has 15 nitrogen and oxygen atoms in total. The van der Waals surface area contributed by atoms with E-state index >= 15 is 0 Å². The first-order chi connectivity index (χ1) is 16.5. The van der Waals surface area contributed by atoms with Gasteiger partial charge >= 0.3 is 17.9 Å². The number of carboxylic acids is 2. The summed E-state index contributed by atoms with van der Waals surface area (Å²) in [5.41, 5.74) is 1.22. The molecule has 0 spiro atoms. The summed E-state index contributed by atoms with van der Waals surface area (Å²) in [7, 11) is 0. The van der Waals surface area contributed by atoms with Gasteiger partial charge in [0.25, 0.3) is 17.5 Å². The summed E-state index contributed by atoms with van der Waals surface area (Å²) in [6, 6.07) is -1.42. The zero-order chi connectivity index (χ0) is 25.3. The number of nitrogen functional groups attached to an aromatic ring is 1. The molecular weight excluding hydrogens is 510 g/mol. The van der Waals surface area contributed by atoms with Crippen LogP contribution in [0.5, 0.6) is 0 Å². The summed E-state index contributed by atoms with van der Waals surface area (Å²) < 4.78 is 17.9. The molecule has 0 unspecified atom stereocenters. The van der Waals surface area contributed by atoms with E-state index in [0.717, 1.165) is 16.2 Å². The zero-order valence-corrected chi connectivity index (χ0v) is 19.2. The summed E-state index contributed by atoms with van der Waals surface area (Å²) in [6.07, 6.45) is 0.0404. The highest BCUT2D eigenvalue weighted by molar-refractivity contribution is 7.92. The minimum atomic E-state index is -2.29. The van der Waals surface area contributed by atoms with Gasteiger partial charge in [-0.3, -0.25) is 14.4 Å². The smallest absolute Gasteiger partial charge is 0.371 e. The van der Waals surface area contributed by atoms with Gasteiger partial charge in [0.05, 0.1) is 12.3 Å². The Labute approximate surface area is 202 Å². The Morgan fingerprint density at radius 1 is 1.34 bits per heavy atom. The molecule has 5 atom stereocenters. The number of nitrogens with zero attached hydrogens (tertiary/aromatic N) is 3. The van der Waals surface area contributed by atoms with E-state index < -0.39 is 75.3 Å². The molecule has 35 heavy (non-hydrogen) atoms. The topological polar surface area (TPSA) is 234 Å². The average Bonchev–Trinajstić information content (AvgIpc) is 3.35. The number of oxime groups is 1. The maximum Gasteiger partial charge on any atom is 0.371 e. The van der Waals surface area contributed by atoms with Gasteiger partial charge in [0.2, 0.25) is 11.0 Å². The molecule has 5 N–H and O–H groups in total. The van der Waals surface area contributed by atoms with Crippen LogP contribution < -0.4 is 11.1 Å². The van der Waals surface area contributed by atoms with E-state index in [4.69, 9.17) is 15.3 Å². The third-order valence-corrected chi connectivity index (χ3v) is 8.68. The minimum Gasteiger partial charge on any atom is -0.615 e. The average molecular weight is 527 g/mol. The SMILES string of the molecule is Nc1nc(/C(=N/OC2(C(=O)O)CC2)C(=O)N[C@@H]2C(=O)N3[C@@H]2[S@@+]([O-])C[C@@H]2CC(=O)O[C@@]23C(=O)O)cs1. The molecule has 3 aliphatic heterocycles. The zero-order valence-electron chi connectivity index (χ0n) is 17.5. The highest BCUT2D eigenvalue weighted by atomic mass is 32.2. The number of carbonyl (C=O) groups is 5. The molecule has 1 aliphatic carbocycles. The second kappa shape index (κ2) is 7.79. The van der Waals surface area contributed by atoms with Gasteiger partial charge in [-0.25, -0.2) is 19.5 Å². The van der Waals surface area contributed by atoms with E-state index in [2.05, 4.69) is 15.5 Å². The Bertz CT molecular complexity index is 1200. The second-order valence-electron chi connectivity index (χ2n) is 8.38. The van der Waals surface area contributed by atoms with Crippen molar-refractivity contribution in [2.24, 2.45) is 11.1 Å². The van der Waals surface area contributed by atoms with Crippen LogP contribution in [0.25, 0.3) is 0 Å². The van der Waals surface area contributed by atoms with Crippen LogP contribution in [0, 0.1) is 5.92 Å². The van der Waals surface area contributed by atoms with Crippen LogP contribution in [0.3, 0.4) is 0 Å². The van der Waals surface area contributed by atoms with Gasteiger partial charge in [-0.1, -0.05) is 5.16 Å². The van der Waals surface area contributed by atoms with E-state index in [0.29, 0.717) is 0 Å². The molecule has 4 fully saturated rings. The highest BCUT2D eigenvalue weighted by Crippen LogP contribution is 2.49. The van der Waals surface area contributed by atoms with Crippen LogP contribution in [-0.4, -0.2) is 88.6 Å². The number of anilines is 1. The third kappa shape index (κ3) is 3.41. The number of nitrogens with one attached hydrogen (secondary N) is 1. The Morgan fingerprint density at radius 3 is 2.63 bits per heavy atom. The maximum atomic E-state index is 13.1. The van der Waals surface area contributed by atoms with Crippen molar-refractivity contribution in [2.75, 3.05) is 11.5 Å². The lowest BCUT2D eigenvalue weighted by Gasteiger charge is -2.55. The second-order valence-corrected chi connectivity index (χ2v) is 10.8. The Kier molecular flexibility index (Phi) is 5.19. The van der Waals surface area contributed by atoms with Crippen LogP contribution in [0.4, 0.5) is 5.13 Å². The summed E-state index contributed by atoms with van der Waals surface area (Å²) >= 11 is -0.846. The predicted molar refractivity (Wildman–Crippen MR) is 114 cm³/mol. The first-order valence-corrected chi connectivity index (χ1v) is 12.4. The number of carbonyl (C=O) groups excluding carboxylic acids is 3. The van der Waals surface area contributed by atoms with Gasteiger partial charge in [-0.15, -0.1) is 11.3 Å². The molecule has 186 valence electrons. The number of esters is 1. The molecule has 4 aliphatic rings. The number of hydrogen-bond acceptors (Lipinski definition) is 12. The lowest BCUT2D eigenvalue weighted by molar-refractivity contribution is -0.216. The highest BCUT2D eigenvalue weighted by Gasteiger charge is 2.76. The van der Waals surface area contributed by atoms with Crippen molar-refractivity contribution in [2.45, 2.75) is 42.0 Å². The number of hydrogen-bond donors (Lipinski definition) is 4. The number of fused-ring (bicyclic) bond motifs is 3. The predicted octanol–water partition coefficient (Wildman–Crippen LogP) is -2.18. The van der Waals surface area contributed by atoms with Gasteiger partial charge < -0.3 is 35.4 Å². The number of β-lactam (4-membered cyclic amide) rings is 1. The van der Waals surface area contributed by atoms with E-state index in [1.54, 1.807) is 0 Å². The molecule has 5 rings (SSSR count). The van der Waals surface area contributed by atoms with Crippen molar-refractivity contribution in [3.63, 3.8) is 0 Å². The van der Waals surface area contributed by atoms with Crippen LogP contribution in [0.15, 0.2) is 10.5 Å². The normalized spacial score (nSPS) is 32.6. The summed E-state index contributed by atoms with van der Waals surface area (Å²) in [6.45, 7) is 0. The van der Waals surface area contributed by atoms with Crippen molar-refractivity contribution in [1.82, 2.24) is 15.2 Å².